The molecule has 1 fully saturated rings. The van der Waals surface area contributed by atoms with Crippen LogP contribution in [0.25, 0.3) is 0 Å². The summed E-state index contributed by atoms with van der Waals surface area (Å²) in [6.45, 7) is 1.52. The van der Waals surface area contributed by atoms with Crippen molar-refractivity contribution in [3.8, 4) is 0 Å². The molecule has 128 valence electrons. The van der Waals surface area contributed by atoms with Crippen LogP contribution in [0.4, 0.5) is 0 Å². The summed E-state index contributed by atoms with van der Waals surface area (Å²) in [4.78, 5) is 23.6. The molecule has 0 spiro atoms. The Morgan fingerprint density at radius 2 is 2.00 bits per heavy atom. The summed E-state index contributed by atoms with van der Waals surface area (Å²) in [6, 6.07) is 3.33. The molecule has 0 bridgehead atoms. The van der Waals surface area contributed by atoms with Crippen molar-refractivity contribution in [3.63, 3.8) is 0 Å². The highest BCUT2D eigenvalue weighted by atomic mass is 16.4. The molecule has 2 amide bonds. The minimum Gasteiger partial charge on any atom is -0.466 e. The van der Waals surface area contributed by atoms with Crippen molar-refractivity contribution in [3.05, 3.63) is 24.2 Å². The van der Waals surface area contributed by atoms with E-state index in [1.807, 2.05) is 0 Å². The molecule has 23 heavy (non-hydrogen) atoms. The molecule has 0 aliphatic heterocycles. The van der Waals surface area contributed by atoms with E-state index in [1.54, 1.807) is 19.1 Å². The van der Waals surface area contributed by atoms with E-state index in [9.17, 15) is 14.7 Å². The molecule has 1 atom stereocenters. The molecule has 1 aliphatic carbocycles. The summed E-state index contributed by atoms with van der Waals surface area (Å²) in [5.74, 6) is 0.435. The zero-order chi connectivity index (χ0) is 16.7. The van der Waals surface area contributed by atoms with Crippen LogP contribution in [0.2, 0.25) is 0 Å². The van der Waals surface area contributed by atoms with E-state index in [-0.39, 0.29) is 24.9 Å². The maximum Gasteiger partial charge on any atom is 0.239 e. The van der Waals surface area contributed by atoms with Crippen molar-refractivity contribution >= 4 is 11.8 Å². The highest BCUT2D eigenvalue weighted by Crippen LogP contribution is 2.26. The molecule has 2 rings (SSSR count). The Hall–Kier alpha value is -1.82. The SMILES string of the molecule is CC(O)(CNC(=O)CNC(=O)CC1CCCCC1)c1ccco1. The standard InChI is InChI=1S/C17H26N2O4/c1-17(22,14-8-5-9-23-14)12-19-16(21)11-18-15(20)10-13-6-3-2-4-7-13/h5,8-9,13,22H,2-4,6-7,10-12H2,1H3,(H,18,20)(H,19,21). The van der Waals surface area contributed by atoms with Gasteiger partial charge in [-0.3, -0.25) is 9.59 Å². The van der Waals surface area contributed by atoms with Crippen molar-refractivity contribution < 1.29 is 19.1 Å². The molecular weight excluding hydrogens is 296 g/mol. The number of aliphatic hydroxyl groups is 1. The third kappa shape index (κ3) is 5.71. The Labute approximate surface area is 136 Å². The summed E-state index contributed by atoms with van der Waals surface area (Å²) in [7, 11) is 0. The number of carbonyl (C=O) groups excluding carboxylic acids is 2. The van der Waals surface area contributed by atoms with Crippen LogP contribution in [0.15, 0.2) is 22.8 Å². The van der Waals surface area contributed by atoms with Crippen molar-refractivity contribution in [2.75, 3.05) is 13.1 Å². The second-order valence-corrected chi connectivity index (χ2v) is 6.51. The van der Waals surface area contributed by atoms with Crippen LogP contribution in [0.3, 0.4) is 0 Å². The van der Waals surface area contributed by atoms with Gasteiger partial charge in [0.05, 0.1) is 19.4 Å². The van der Waals surface area contributed by atoms with Gasteiger partial charge in [0, 0.05) is 6.42 Å². The average molecular weight is 322 g/mol. The first-order valence-corrected chi connectivity index (χ1v) is 8.27. The number of furan rings is 1. The fraction of sp³-hybridized carbons (Fsp3) is 0.647. The lowest BCUT2D eigenvalue weighted by Gasteiger charge is -2.22. The van der Waals surface area contributed by atoms with E-state index in [2.05, 4.69) is 10.6 Å². The van der Waals surface area contributed by atoms with Crippen molar-refractivity contribution in [1.82, 2.24) is 10.6 Å². The van der Waals surface area contributed by atoms with Crippen LogP contribution in [0.5, 0.6) is 0 Å². The molecule has 3 N–H and O–H groups in total. The summed E-state index contributed by atoms with van der Waals surface area (Å²) < 4.78 is 5.14. The smallest absolute Gasteiger partial charge is 0.239 e. The van der Waals surface area contributed by atoms with Crippen LogP contribution in [0, 0.1) is 5.92 Å². The van der Waals surface area contributed by atoms with Gasteiger partial charge in [-0.25, -0.2) is 0 Å². The van der Waals surface area contributed by atoms with Crippen LogP contribution in [-0.4, -0.2) is 30.0 Å². The van der Waals surface area contributed by atoms with Gasteiger partial charge in [-0.05, 0) is 37.8 Å². The Morgan fingerprint density at radius 3 is 2.65 bits per heavy atom. The normalized spacial score (nSPS) is 18.2. The molecule has 0 saturated heterocycles. The second-order valence-electron chi connectivity index (χ2n) is 6.51. The van der Waals surface area contributed by atoms with Gasteiger partial charge in [0.1, 0.15) is 11.4 Å². The molecule has 6 nitrogen and oxygen atoms in total. The Balaban J connectivity index is 1.65. The lowest BCUT2D eigenvalue weighted by Crippen LogP contribution is -2.43. The summed E-state index contributed by atoms with van der Waals surface area (Å²) in [6.07, 6.45) is 7.82. The lowest BCUT2D eigenvalue weighted by molar-refractivity contribution is -0.127. The van der Waals surface area contributed by atoms with Gasteiger partial charge in [0.2, 0.25) is 11.8 Å². The van der Waals surface area contributed by atoms with Gasteiger partial charge in [0.15, 0.2) is 0 Å². The number of rotatable bonds is 7. The molecule has 0 radical (unpaired) electrons. The monoisotopic (exact) mass is 322 g/mol. The molecule has 1 aliphatic rings. The predicted octanol–water partition coefficient (Wildman–Crippen LogP) is 1.69. The summed E-state index contributed by atoms with van der Waals surface area (Å²) in [5.41, 5.74) is -1.27. The first kappa shape index (κ1) is 17.5. The first-order valence-electron chi connectivity index (χ1n) is 8.27. The van der Waals surface area contributed by atoms with Crippen molar-refractivity contribution in [2.45, 2.75) is 51.0 Å². The molecule has 1 aromatic rings. The van der Waals surface area contributed by atoms with Gasteiger partial charge in [-0.2, -0.15) is 0 Å². The molecule has 1 unspecified atom stereocenters. The largest absolute Gasteiger partial charge is 0.466 e. The molecule has 6 heteroatoms. The van der Waals surface area contributed by atoms with Gasteiger partial charge < -0.3 is 20.2 Å². The zero-order valence-electron chi connectivity index (χ0n) is 13.6. The molecule has 0 aromatic carbocycles. The first-order chi connectivity index (χ1) is 11.0. The van der Waals surface area contributed by atoms with Gasteiger partial charge in [0.25, 0.3) is 0 Å². The van der Waals surface area contributed by atoms with E-state index in [1.165, 1.54) is 25.5 Å². The van der Waals surface area contributed by atoms with Gasteiger partial charge in [-0.15, -0.1) is 0 Å². The van der Waals surface area contributed by atoms with Crippen LogP contribution in [0.1, 0.15) is 51.2 Å². The number of nitrogens with one attached hydrogen (secondary N) is 2. The minimum absolute atomic E-state index is 0.0256. The second kappa shape index (κ2) is 8.15. The summed E-state index contributed by atoms with van der Waals surface area (Å²) >= 11 is 0. The van der Waals surface area contributed by atoms with Crippen molar-refractivity contribution in [2.24, 2.45) is 5.92 Å². The highest BCUT2D eigenvalue weighted by Gasteiger charge is 2.26. The third-order valence-electron chi connectivity index (χ3n) is 4.33. The Morgan fingerprint density at radius 1 is 1.26 bits per heavy atom. The highest BCUT2D eigenvalue weighted by molar-refractivity contribution is 5.84. The van der Waals surface area contributed by atoms with Gasteiger partial charge >= 0.3 is 0 Å². The Bertz CT molecular complexity index is 505. The number of hydrogen-bond donors (Lipinski definition) is 3. The zero-order valence-corrected chi connectivity index (χ0v) is 13.6. The molecule has 1 saturated carbocycles. The van der Waals surface area contributed by atoms with Crippen molar-refractivity contribution in [1.29, 1.82) is 0 Å². The van der Waals surface area contributed by atoms with Crippen LogP contribution in [-0.2, 0) is 15.2 Å². The van der Waals surface area contributed by atoms with Gasteiger partial charge in [-0.1, -0.05) is 19.3 Å². The fourth-order valence-electron chi connectivity index (χ4n) is 2.91. The van der Waals surface area contributed by atoms with E-state index < -0.39 is 5.60 Å². The fourth-order valence-corrected chi connectivity index (χ4v) is 2.91. The summed E-state index contributed by atoms with van der Waals surface area (Å²) in [5, 5.41) is 15.5. The Kier molecular flexibility index (Phi) is 6.21. The maximum atomic E-state index is 11.8. The number of carbonyl (C=O) groups is 2. The molecular formula is C17H26N2O4. The third-order valence-corrected chi connectivity index (χ3v) is 4.33. The molecule has 1 heterocycles. The topological polar surface area (TPSA) is 91.6 Å². The van der Waals surface area contributed by atoms with Crippen LogP contribution < -0.4 is 10.6 Å². The number of amides is 2. The average Bonchev–Trinajstić information content (AvgIpc) is 3.07. The number of hydrogen-bond acceptors (Lipinski definition) is 4. The van der Waals surface area contributed by atoms with Crippen LogP contribution >= 0.6 is 0 Å². The minimum atomic E-state index is -1.27. The quantitative estimate of drug-likeness (QED) is 0.712. The van der Waals surface area contributed by atoms with E-state index in [0.717, 1.165) is 12.8 Å². The van der Waals surface area contributed by atoms with E-state index in [0.29, 0.717) is 18.1 Å². The maximum absolute atomic E-state index is 11.8. The molecule has 1 aromatic heterocycles. The predicted molar refractivity (Wildman–Crippen MR) is 85.5 cm³/mol. The van der Waals surface area contributed by atoms with E-state index in [4.69, 9.17) is 4.42 Å². The van der Waals surface area contributed by atoms with E-state index >= 15 is 0 Å². The lowest BCUT2D eigenvalue weighted by atomic mass is 9.87.